The van der Waals surface area contributed by atoms with E-state index in [1.165, 1.54) is 37.3 Å². The number of nitrogens with zero attached hydrogens (tertiary/aromatic N) is 2. The number of benzene rings is 2. The summed E-state index contributed by atoms with van der Waals surface area (Å²) in [5, 5.41) is 22.0. The van der Waals surface area contributed by atoms with Gasteiger partial charge in [-0.3, -0.25) is 14.9 Å². The topological polar surface area (TPSA) is 122 Å². The molecule has 8 heteroatoms. The molecule has 0 heterocycles. The zero-order valence-electron chi connectivity index (χ0n) is 13.1. The van der Waals surface area contributed by atoms with Crippen LogP contribution in [0.1, 0.15) is 22.8 Å². The van der Waals surface area contributed by atoms with Crippen molar-refractivity contribution in [2.75, 3.05) is 5.32 Å². The molecule has 0 aliphatic rings. The lowest BCUT2D eigenvalue weighted by atomic mass is 10.2. The quantitative estimate of drug-likeness (QED) is 0.507. The van der Waals surface area contributed by atoms with Gasteiger partial charge in [0.2, 0.25) is 0 Å². The van der Waals surface area contributed by atoms with Gasteiger partial charge in [-0.25, -0.2) is 4.79 Å². The van der Waals surface area contributed by atoms with Crippen molar-refractivity contribution >= 4 is 23.3 Å². The van der Waals surface area contributed by atoms with Gasteiger partial charge in [0.15, 0.2) is 6.10 Å². The molecule has 126 valence electrons. The lowest BCUT2D eigenvalue weighted by Gasteiger charge is -2.13. The third kappa shape index (κ3) is 4.62. The number of carbonyl (C=O) groups is 2. The molecule has 8 nitrogen and oxygen atoms in total. The summed E-state index contributed by atoms with van der Waals surface area (Å²) in [4.78, 5) is 34.2. The predicted octanol–water partition coefficient (Wildman–Crippen LogP) is 2.65. The standard InChI is InChI=1S/C17H13N3O5/c1-11(16(21)19-14-7-5-12(10-18)6-8-14)25-17(22)13-3-2-4-15(9-13)20(23)24/h2-9,11H,1H3,(H,19,21). The van der Waals surface area contributed by atoms with Crippen LogP contribution in [0, 0.1) is 21.4 Å². The van der Waals surface area contributed by atoms with Crippen molar-refractivity contribution < 1.29 is 19.2 Å². The van der Waals surface area contributed by atoms with Crippen molar-refractivity contribution in [1.82, 2.24) is 0 Å². The maximum absolute atomic E-state index is 12.0. The van der Waals surface area contributed by atoms with E-state index in [0.29, 0.717) is 11.3 Å². The van der Waals surface area contributed by atoms with Gasteiger partial charge in [0.05, 0.1) is 22.1 Å². The number of hydrogen-bond acceptors (Lipinski definition) is 6. The first-order valence-corrected chi connectivity index (χ1v) is 7.17. The van der Waals surface area contributed by atoms with E-state index in [0.717, 1.165) is 6.07 Å². The summed E-state index contributed by atoms with van der Waals surface area (Å²) in [6.07, 6.45) is -1.11. The van der Waals surface area contributed by atoms with E-state index < -0.39 is 22.9 Å². The summed E-state index contributed by atoms with van der Waals surface area (Å²) >= 11 is 0. The number of ether oxygens (including phenoxy) is 1. The molecule has 1 N–H and O–H groups in total. The highest BCUT2D eigenvalue weighted by Gasteiger charge is 2.20. The first-order chi connectivity index (χ1) is 11.9. The molecule has 0 fully saturated rings. The van der Waals surface area contributed by atoms with Crippen molar-refractivity contribution in [3.63, 3.8) is 0 Å². The van der Waals surface area contributed by atoms with Crippen LogP contribution in [0.15, 0.2) is 48.5 Å². The van der Waals surface area contributed by atoms with Crippen LogP contribution in [-0.2, 0) is 9.53 Å². The van der Waals surface area contributed by atoms with Crippen molar-refractivity contribution in [1.29, 1.82) is 5.26 Å². The maximum atomic E-state index is 12.0. The van der Waals surface area contributed by atoms with E-state index in [9.17, 15) is 19.7 Å². The smallest absolute Gasteiger partial charge is 0.339 e. The van der Waals surface area contributed by atoms with Crippen LogP contribution >= 0.6 is 0 Å². The van der Waals surface area contributed by atoms with E-state index in [1.807, 2.05) is 6.07 Å². The van der Waals surface area contributed by atoms with E-state index >= 15 is 0 Å². The Balaban J connectivity index is 2.00. The van der Waals surface area contributed by atoms with E-state index in [-0.39, 0.29) is 11.3 Å². The highest BCUT2D eigenvalue weighted by atomic mass is 16.6. The predicted molar refractivity (Wildman–Crippen MR) is 87.8 cm³/mol. The third-order valence-electron chi connectivity index (χ3n) is 3.23. The normalized spacial score (nSPS) is 11.0. The summed E-state index contributed by atoms with van der Waals surface area (Å²) in [5.41, 5.74) is 0.627. The number of nitro groups is 1. The highest BCUT2D eigenvalue weighted by Crippen LogP contribution is 2.15. The van der Waals surface area contributed by atoms with Gasteiger partial charge in [-0.05, 0) is 37.3 Å². The second-order valence-electron chi connectivity index (χ2n) is 5.03. The molecule has 0 aliphatic heterocycles. The van der Waals surface area contributed by atoms with Crippen molar-refractivity contribution in [2.24, 2.45) is 0 Å². The number of rotatable bonds is 5. The molecule has 0 spiro atoms. The molecule has 0 aliphatic carbocycles. The highest BCUT2D eigenvalue weighted by molar-refractivity contribution is 5.97. The van der Waals surface area contributed by atoms with Crippen LogP contribution in [0.2, 0.25) is 0 Å². The van der Waals surface area contributed by atoms with Gasteiger partial charge in [0.25, 0.3) is 11.6 Å². The van der Waals surface area contributed by atoms with Gasteiger partial charge in [-0.15, -0.1) is 0 Å². The third-order valence-corrected chi connectivity index (χ3v) is 3.23. The Hall–Kier alpha value is -3.73. The molecule has 2 aromatic rings. The van der Waals surface area contributed by atoms with E-state index in [1.54, 1.807) is 12.1 Å². The van der Waals surface area contributed by atoms with Crippen molar-refractivity contribution in [3.05, 3.63) is 69.8 Å². The number of nitro benzene ring substituents is 1. The zero-order chi connectivity index (χ0) is 18.4. The molecule has 0 bridgehead atoms. The summed E-state index contributed by atoms with van der Waals surface area (Å²) in [6, 6.07) is 13.2. The Morgan fingerprint density at radius 1 is 1.24 bits per heavy atom. The fourth-order valence-electron chi connectivity index (χ4n) is 1.90. The van der Waals surface area contributed by atoms with Crippen LogP contribution in [0.25, 0.3) is 0 Å². The summed E-state index contributed by atoms with van der Waals surface area (Å²) in [7, 11) is 0. The second-order valence-corrected chi connectivity index (χ2v) is 5.03. The molecular formula is C17H13N3O5. The number of non-ortho nitro benzene ring substituents is 1. The number of nitrogens with one attached hydrogen (secondary N) is 1. The molecule has 0 radical (unpaired) electrons. The van der Waals surface area contributed by atoms with Gasteiger partial charge in [-0.2, -0.15) is 5.26 Å². The molecular weight excluding hydrogens is 326 g/mol. The molecule has 0 saturated carbocycles. The minimum Gasteiger partial charge on any atom is -0.449 e. The van der Waals surface area contributed by atoms with Gasteiger partial charge in [0, 0.05) is 17.8 Å². The number of carbonyl (C=O) groups excluding carboxylic acids is 2. The van der Waals surface area contributed by atoms with Gasteiger partial charge in [0.1, 0.15) is 0 Å². The minimum absolute atomic E-state index is 0.0211. The Bertz CT molecular complexity index is 855. The molecule has 1 atom stereocenters. The minimum atomic E-state index is -1.11. The number of hydrogen-bond donors (Lipinski definition) is 1. The van der Waals surface area contributed by atoms with Crippen LogP contribution in [0.3, 0.4) is 0 Å². The second kappa shape index (κ2) is 7.70. The molecule has 25 heavy (non-hydrogen) atoms. The van der Waals surface area contributed by atoms with E-state index in [2.05, 4.69) is 5.32 Å². The summed E-state index contributed by atoms with van der Waals surface area (Å²) in [6.45, 7) is 1.38. The first kappa shape index (κ1) is 17.6. The Kier molecular flexibility index (Phi) is 5.43. The molecule has 0 saturated heterocycles. The Morgan fingerprint density at radius 2 is 1.92 bits per heavy atom. The molecule has 1 amide bonds. The van der Waals surface area contributed by atoms with Gasteiger partial charge in [-0.1, -0.05) is 6.07 Å². The average Bonchev–Trinajstić information content (AvgIpc) is 2.62. The lowest BCUT2D eigenvalue weighted by molar-refractivity contribution is -0.384. The molecule has 2 rings (SSSR count). The monoisotopic (exact) mass is 339 g/mol. The number of nitriles is 1. The first-order valence-electron chi connectivity index (χ1n) is 7.17. The average molecular weight is 339 g/mol. The largest absolute Gasteiger partial charge is 0.449 e. The SMILES string of the molecule is CC(OC(=O)c1cccc([N+](=O)[O-])c1)C(=O)Nc1ccc(C#N)cc1. The Labute approximate surface area is 142 Å². The van der Waals surface area contributed by atoms with Crippen molar-refractivity contribution in [3.8, 4) is 6.07 Å². The number of amides is 1. The Morgan fingerprint density at radius 3 is 2.52 bits per heavy atom. The zero-order valence-corrected chi connectivity index (χ0v) is 13.1. The molecule has 0 aromatic heterocycles. The fraction of sp³-hybridized carbons (Fsp3) is 0.118. The van der Waals surface area contributed by atoms with Gasteiger partial charge >= 0.3 is 5.97 Å². The summed E-state index contributed by atoms with van der Waals surface area (Å²) < 4.78 is 5.02. The number of anilines is 1. The van der Waals surface area contributed by atoms with Crippen molar-refractivity contribution in [2.45, 2.75) is 13.0 Å². The molecule has 1 unspecified atom stereocenters. The van der Waals surface area contributed by atoms with Gasteiger partial charge < -0.3 is 10.1 Å². The summed E-state index contributed by atoms with van der Waals surface area (Å²) in [5.74, 6) is -1.41. The van der Waals surface area contributed by atoms with Crippen LogP contribution < -0.4 is 5.32 Å². The fourth-order valence-corrected chi connectivity index (χ4v) is 1.90. The van der Waals surface area contributed by atoms with E-state index in [4.69, 9.17) is 10.00 Å². The van der Waals surface area contributed by atoms with Crippen LogP contribution in [0.4, 0.5) is 11.4 Å². The molecule has 2 aromatic carbocycles. The maximum Gasteiger partial charge on any atom is 0.339 e. The van der Waals surface area contributed by atoms with Crippen LogP contribution in [0.5, 0.6) is 0 Å². The van der Waals surface area contributed by atoms with Crippen LogP contribution in [-0.4, -0.2) is 22.9 Å². The lowest BCUT2D eigenvalue weighted by Crippen LogP contribution is -2.30. The number of esters is 1.